The minimum absolute atomic E-state index is 0.0265. The number of alkyl halides is 1. The van der Waals surface area contributed by atoms with Crippen LogP contribution in [-0.2, 0) is 12.8 Å². The van der Waals surface area contributed by atoms with Gasteiger partial charge in [-0.2, -0.15) is 0 Å². The zero-order valence-electron chi connectivity index (χ0n) is 17.8. The quantitative estimate of drug-likeness (QED) is 0.623. The summed E-state index contributed by atoms with van der Waals surface area (Å²) < 4.78 is 26.8. The maximum absolute atomic E-state index is 13.9. The van der Waals surface area contributed by atoms with E-state index >= 15 is 0 Å². The third-order valence-electron chi connectivity index (χ3n) is 6.47. The molecule has 168 valence electrons. The lowest BCUT2D eigenvalue weighted by atomic mass is 9.91. The maximum Gasteiger partial charge on any atom is 0.263 e. The molecule has 3 aromatic rings. The Balaban J connectivity index is 1.29. The van der Waals surface area contributed by atoms with E-state index in [1.54, 1.807) is 6.92 Å². The number of fused-ring (bicyclic) bond motifs is 2. The molecule has 0 radical (unpaired) electrons. The minimum atomic E-state index is -0.432. The Morgan fingerprint density at radius 2 is 2.19 bits per heavy atom. The Morgan fingerprint density at radius 3 is 2.97 bits per heavy atom. The molecule has 0 spiro atoms. The second-order valence-corrected chi connectivity index (χ2v) is 9.70. The predicted molar refractivity (Wildman–Crippen MR) is 123 cm³/mol. The van der Waals surface area contributed by atoms with Crippen LogP contribution >= 0.6 is 11.3 Å². The summed E-state index contributed by atoms with van der Waals surface area (Å²) in [6.45, 7) is 2.87. The van der Waals surface area contributed by atoms with Crippen LogP contribution in [0.25, 0.3) is 10.2 Å². The van der Waals surface area contributed by atoms with Crippen molar-refractivity contribution in [3.63, 3.8) is 0 Å². The first-order valence-corrected chi connectivity index (χ1v) is 11.7. The fourth-order valence-electron chi connectivity index (χ4n) is 4.59. The topological polar surface area (TPSA) is 84.1 Å². The molecule has 3 N–H and O–H groups in total. The number of hydrogen-bond donors (Lipinski definition) is 2. The van der Waals surface area contributed by atoms with Gasteiger partial charge in [0.1, 0.15) is 21.3 Å². The molecule has 1 amide bonds. The molecule has 3 aromatic heterocycles. The number of thiophene rings is 1. The molecule has 1 fully saturated rings. The number of aromatic nitrogens is 2. The van der Waals surface area contributed by atoms with Crippen LogP contribution in [-0.4, -0.2) is 41.7 Å². The first kappa shape index (κ1) is 21.1. The average molecular weight is 458 g/mol. The van der Waals surface area contributed by atoms with Gasteiger partial charge in [-0.25, -0.2) is 14.4 Å². The predicted octanol–water partition coefficient (Wildman–Crippen LogP) is 3.80. The van der Waals surface area contributed by atoms with Gasteiger partial charge in [0.15, 0.2) is 0 Å². The van der Waals surface area contributed by atoms with Gasteiger partial charge in [0.25, 0.3) is 5.91 Å². The summed E-state index contributed by atoms with van der Waals surface area (Å²) in [7, 11) is 0. The molecule has 0 unspecified atom stereocenters. The number of nitrogen functional groups attached to an aromatic ring is 1. The summed E-state index contributed by atoms with van der Waals surface area (Å²) in [4.78, 5) is 25.0. The highest BCUT2D eigenvalue weighted by Gasteiger charge is 2.27. The summed E-state index contributed by atoms with van der Waals surface area (Å²) in [5.74, 6) is 0.328. The van der Waals surface area contributed by atoms with E-state index in [-0.39, 0.29) is 35.9 Å². The van der Waals surface area contributed by atoms with Crippen LogP contribution in [0, 0.1) is 18.7 Å². The van der Waals surface area contributed by atoms with Crippen molar-refractivity contribution in [2.45, 2.75) is 38.6 Å². The summed E-state index contributed by atoms with van der Waals surface area (Å²) >= 11 is 1.19. The van der Waals surface area contributed by atoms with Crippen molar-refractivity contribution in [2.24, 2.45) is 5.92 Å². The van der Waals surface area contributed by atoms with Crippen LogP contribution < -0.4 is 16.0 Å². The number of halogens is 2. The number of anilines is 2. The van der Waals surface area contributed by atoms with Gasteiger partial charge in [-0.15, -0.1) is 11.3 Å². The Morgan fingerprint density at radius 1 is 1.34 bits per heavy atom. The minimum Gasteiger partial charge on any atom is -0.397 e. The summed E-state index contributed by atoms with van der Waals surface area (Å²) in [5, 5.41) is 3.56. The van der Waals surface area contributed by atoms with Gasteiger partial charge in [-0.3, -0.25) is 9.18 Å². The van der Waals surface area contributed by atoms with E-state index in [2.05, 4.69) is 21.3 Å². The van der Waals surface area contributed by atoms with Crippen LogP contribution in [0.3, 0.4) is 0 Å². The largest absolute Gasteiger partial charge is 0.397 e. The Hall–Kier alpha value is -2.81. The molecule has 5 rings (SSSR count). The number of nitrogens with zero attached hydrogens (tertiary/aromatic N) is 3. The third kappa shape index (κ3) is 3.79. The van der Waals surface area contributed by atoms with Crippen molar-refractivity contribution >= 4 is 39.0 Å². The molecule has 1 saturated heterocycles. The second-order valence-electron chi connectivity index (χ2n) is 8.70. The van der Waals surface area contributed by atoms with Gasteiger partial charge >= 0.3 is 0 Å². The third-order valence-corrected chi connectivity index (χ3v) is 7.58. The van der Waals surface area contributed by atoms with Crippen LogP contribution in [0.15, 0.2) is 18.2 Å². The van der Waals surface area contributed by atoms with Crippen LogP contribution in [0.2, 0.25) is 0 Å². The summed E-state index contributed by atoms with van der Waals surface area (Å²) in [6.07, 6.45) is 3.10. The smallest absolute Gasteiger partial charge is 0.263 e. The number of carbonyl (C=O) groups is 1. The number of amides is 1. The highest BCUT2D eigenvalue weighted by atomic mass is 32.1. The van der Waals surface area contributed by atoms with Crippen molar-refractivity contribution < 1.29 is 13.6 Å². The number of nitrogens with two attached hydrogens (primary N) is 1. The van der Waals surface area contributed by atoms with E-state index in [4.69, 9.17) is 10.7 Å². The monoisotopic (exact) mass is 457 g/mol. The lowest BCUT2D eigenvalue weighted by molar-refractivity contribution is 0.0938. The van der Waals surface area contributed by atoms with Crippen molar-refractivity contribution in [1.82, 2.24) is 15.3 Å². The first-order valence-electron chi connectivity index (χ1n) is 10.9. The molecule has 2 aliphatic rings. The molecular formula is C23H25F2N5OS. The first-order chi connectivity index (χ1) is 15.4. The van der Waals surface area contributed by atoms with Crippen molar-refractivity contribution in [1.29, 1.82) is 0 Å². The molecule has 4 heterocycles. The van der Waals surface area contributed by atoms with E-state index in [1.165, 1.54) is 17.4 Å². The van der Waals surface area contributed by atoms with Crippen molar-refractivity contribution in [3.05, 3.63) is 45.8 Å². The fourth-order valence-corrected chi connectivity index (χ4v) is 5.61. The normalized spacial score (nSPS) is 20.5. The molecule has 1 aliphatic carbocycles. The number of carbonyl (C=O) groups excluding carboxylic acids is 1. The van der Waals surface area contributed by atoms with Crippen LogP contribution in [0.1, 0.15) is 39.5 Å². The highest BCUT2D eigenvalue weighted by molar-refractivity contribution is 7.21. The average Bonchev–Trinajstić information content (AvgIpc) is 3.39. The Bertz CT molecular complexity index is 1200. The van der Waals surface area contributed by atoms with Gasteiger partial charge in [0.2, 0.25) is 0 Å². The number of aryl methyl sites for hydroxylation is 2. The molecule has 0 aromatic carbocycles. The standard InChI is InChI=1S/C23H25F2N5OS/c1-12-17(25)9-16-20(26)21(32-23(16)27-12)22(31)28-15-3-4-18-14(8-15)2-5-19(29-18)30-7-6-13(10-24)11-30/h2,5,9,13,15H,3-4,6-8,10-11,26H2,1H3,(H,28,31)/t13-,15+/m1/s1. The Labute approximate surface area is 188 Å². The van der Waals surface area contributed by atoms with E-state index in [0.29, 0.717) is 21.5 Å². The van der Waals surface area contributed by atoms with Crippen LogP contribution in [0.5, 0.6) is 0 Å². The molecule has 0 bridgehead atoms. The molecule has 2 atom stereocenters. The number of rotatable bonds is 4. The van der Waals surface area contributed by atoms with E-state index in [1.807, 2.05) is 6.07 Å². The molecular weight excluding hydrogens is 432 g/mol. The van der Waals surface area contributed by atoms with Crippen molar-refractivity contribution in [2.75, 3.05) is 30.4 Å². The number of pyridine rings is 2. The van der Waals surface area contributed by atoms with E-state index in [0.717, 1.165) is 49.4 Å². The summed E-state index contributed by atoms with van der Waals surface area (Å²) in [5.41, 5.74) is 8.87. The van der Waals surface area contributed by atoms with E-state index < -0.39 is 5.82 Å². The lowest BCUT2D eigenvalue weighted by Crippen LogP contribution is -2.39. The van der Waals surface area contributed by atoms with Gasteiger partial charge in [-0.05, 0) is 50.3 Å². The van der Waals surface area contributed by atoms with Crippen LogP contribution in [0.4, 0.5) is 20.3 Å². The van der Waals surface area contributed by atoms with Gasteiger partial charge in [0, 0.05) is 36.1 Å². The van der Waals surface area contributed by atoms with Gasteiger partial charge in [-0.1, -0.05) is 6.07 Å². The zero-order chi connectivity index (χ0) is 22.4. The molecule has 1 aliphatic heterocycles. The van der Waals surface area contributed by atoms with E-state index in [9.17, 15) is 13.6 Å². The lowest BCUT2D eigenvalue weighted by Gasteiger charge is -2.26. The number of hydrogen-bond acceptors (Lipinski definition) is 6. The molecule has 6 nitrogen and oxygen atoms in total. The molecule has 0 saturated carbocycles. The highest BCUT2D eigenvalue weighted by Crippen LogP contribution is 2.34. The molecule has 32 heavy (non-hydrogen) atoms. The fraction of sp³-hybridized carbons (Fsp3) is 0.435. The summed E-state index contributed by atoms with van der Waals surface area (Å²) in [6, 6.07) is 5.38. The van der Waals surface area contributed by atoms with Gasteiger partial charge in [0.05, 0.1) is 18.1 Å². The molecule has 9 heteroatoms. The Kier molecular flexibility index (Phi) is 5.44. The zero-order valence-corrected chi connectivity index (χ0v) is 18.6. The SMILES string of the molecule is Cc1nc2sc(C(=O)N[C@H]3CCc4nc(N5CC[C@H](CF)C5)ccc4C3)c(N)c2cc1F. The van der Waals surface area contributed by atoms with Gasteiger partial charge < -0.3 is 16.0 Å². The van der Waals surface area contributed by atoms with Crippen molar-refractivity contribution in [3.8, 4) is 0 Å². The number of nitrogens with one attached hydrogen (secondary N) is 1. The maximum atomic E-state index is 13.9. The second kappa shape index (κ2) is 8.27.